The third-order valence-corrected chi connectivity index (χ3v) is 6.00. The van der Waals surface area contributed by atoms with Crippen LogP contribution in [-0.4, -0.2) is 48.6 Å². The van der Waals surface area contributed by atoms with Crippen LogP contribution in [0.2, 0.25) is 0 Å². The van der Waals surface area contributed by atoms with Gasteiger partial charge in [-0.2, -0.15) is 0 Å². The average molecular weight is 331 g/mol. The number of quaternary nitrogens is 1. The summed E-state index contributed by atoms with van der Waals surface area (Å²) in [5.74, 6) is -0.356. The van der Waals surface area contributed by atoms with E-state index in [9.17, 15) is 9.59 Å². The van der Waals surface area contributed by atoms with Crippen molar-refractivity contribution in [2.24, 2.45) is 0 Å². The van der Waals surface area contributed by atoms with Gasteiger partial charge in [0.2, 0.25) is 0 Å². The molecule has 0 unspecified atom stereocenters. The number of aryl methyl sites for hydroxylation is 1. The Morgan fingerprint density at radius 1 is 1.25 bits per heavy atom. The second-order valence-corrected chi connectivity index (χ2v) is 7.09. The second-order valence-electron chi connectivity index (χ2n) is 7.09. The number of likely N-dealkylation sites (tertiary alicyclic amines) is 1. The monoisotopic (exact) mass is 331 g/mol. The first kappa shape index (κ1) is 17.0. The Hall–Kier alpha value is -1.88. The molecule has 1 aliphatic heterocycles. The SMILES string of the molecule is CC[N+]1(C2(C(=O)Nc3c(C)cccc3C(=O)OC)CC2)CCCC1. The van der Waals surface area contributed by atoms with Gasteiger partial charge in [-0.3, -0.25) is 4.79 Å². The van der Waals surface area contributed by atoms with Crippen LogP contribution in [0.1, 0.15) is 48.5 Å². The topological polar surface area (TPSA) is 55.4 Å². The van der Waals surface area contributed by atoms with Gasteiger partial charge in [-0.25, -0.2) is 4.79 Å². The van der Waals surface area contributed by atoms with Crippen LogP contribution in [0.15, 0.2) is 18.2 Å². The first-order valence-corrected chi connectivity index (χ1v) is 8.85. The minimum Gasteiger partial charge on any atom is -0.465 e. The van der Waals surface area contributed by atoms with Gasteiger partial charge < -0.3 is 14.5 Å². The van der Waals surface area contributed by atoms with Crippen LogP contribution in [0, 0.1) is 6.92 Å². The van der Waals surface area contributed by atoms with Gasteiger partial charge >= 0.3 is 5.97 Å². The average Bonchev–Trinajstić information content (AvgIpc) is 3.27. The third kappa shape index (κ3) is 2.51. The molecule has 1 aliphatic carbocycles. The Morgan fingerprint density at radius 2 is 1.92 bits per heavy atom. The molecule has 3 rings (SSSR count). The van der Waals surface area contributed by atoms with E-state index in [1.807, 2.05) is 19.1 Å². The molecule has 130 valence electrons. The van der Waals surface area contributed by atoms with Crippen LogP contribution in [0.4, 0.5) is 5.69 Å². The van der Waals surface area contributed by atoms with E-state index in [4.69, 9.17) is 4.74 Å². The zero-order valence-electron chi connectivity index (χ0n) is 14.9. The van der Waals surface area contributed by atoms with Crippen LogP contribution in [0.5, 0.6) is 0 Å². The highest BCUT2D eigenvalue weighted by atomic mass is 16.5. The maximum Gasteiger partial charge on any atom is 0.339 e. The van der Waals surface area contributed by atoms with Crippen LogP contribution in [0.25, 0.3) is 0 Å². The lowest BCUT2D eigenvalue weighted by Gasteiger charge is -2.40. The minimum atomic E-state index is -0.417. The molecular formula is C19H27N2O3+. The molecule has 1 saturated heterocycles. The maximum atomic E-state index is 13.2. The lowest BCUT2D eigenvalue weighted by atomic mass is 10.1. The molecule has 0 radical (unpaired) electrons. The van der Waals surface area contributed by atoms with Gasteiger partial charge in [0.1, 0.15) is 0 Å². The van der Waals surface area contributed by atoms with Gasteiger partial charge in [-0.05, 0) is 25.5 Å². The number of amides is 1. The largest absolute Gasteiger partial charge is 0.465 e. The molecule has 1 N–H and O–H groups in total. The molecule has 0 aromatic heterocycles. The summed E-state index contributed by atoms with van der Waals surface area (Å²) in [5, 5.41) is 3.08. The van der Waals surface area contributed by atoms with E-state index in [0.29, 0.717) is 11.3 Å². The van der Waals surface area contributed by atoms with Gasteiger partial charge in [0.15, 0.2) is 5.54 Å². The van der Waals surface area contributed by atoms with Crippen LogP contribution in [-0.2, 0) is 9.53 Å². The Labute approximate surface area is 143 Å². The van der Waals surface area contributed by atoms with E-state index < -0.39 is 5.97 Å². The van der Waals surface area contributed by atoms with Crippen molar-refractivity contribution in [3.05, 3.63) is 29.3 Å². The van der Waals surface area contributed by atoms with Crippen molar-refractivity contribution in [1.29, 1.82) is 0 Å². The van der Waals surface area contributed by atoms with Gasteiger partial charge in [0, 0.05) is 25.7 Å². The second kappa shape index (κ2) is 6.20. The number of hydrogen-bond donors (Lipinski definition) is 1. The van der Waals surface area contributed by atoms with Crippen molar-refractivity contribution < 1.29 is 18.8 Å². The van der Waals surface area contributed by atoms with E-state index in [2.05, 4.69) is 12.2 Å². The molecule has 2 aliphatic rings. The highest BCUT2D eigenvalue weighted by molar-refractivity contribution is 6.05. The number of ether oxygens (including phenoxy) is 1. The number of hydrogen-bond acceptors (Lipinski definition) is 3. The Bertz CT molecular complexity index is 659. The van der Waals surface area contributed by atoms with Crippen molar-refractivity contribution in [3.8, 4) is 0 Å². The number of methoxy groups -OCH3 is 1. The van der Waals surface area contributed by atoms with E-state index in [1.165, 1.54) is 20.0 Å². The zero-order chi connectivity index (χ0) is 17.4. The summed E-state index contributed by atoms with van der Waals surface area (Å²) >= 11 is 0. The fourth-order valence-corrected chi connectivity index (χ4v) is 4.37. The zero-order valence-corrected chi connectivity index (χ0v) is 14.9. The molecule has 1 saturated carbocycles. The Morgan fingerprint density at radius 3 is 2.46 bits per heavy atom. The molecule has 0 bridgehead atoms. The number of carbonyl (C=O) groups is 2. The number of nitrogens with one attached hydrogen (secondary N) is 1. The number of rotatable bonds is 5. The normalized spacial score (nSPS) is 20.5. The number of anilines is 1. The van der Waals surface area contributed by atoms with E-state index >= 15 is 0 Å². The van der Waals surface area contributed by atoms with E-state index in [1.54, 1.807) is 6.07 Å². The molecule has 0 spiro atoms. The predicted molar refractivity (Wildman–Crippen MR) is 92.9 cm³/mol. The molecule has 1 aromatic carbocycles. The fourth-order valence-electron chi connectivity index (χ4n) is 4.37. The quantitative estimate of drug-likeness (QED) is 0.667. The summed E-state index contributed by atoms with van der Waals surface area (Å²) in [6.07, 6.45) is 4.26. The van der Waals surface area contributed by atoms with Crippen molar-refractivity contribution in [2.45, 2.75) is 45.1 Å². The van der Waals surface area contributed by atoms with Gasteiger partial charge in [-0.1, -0.05) is 12.1 Å². The van der Waals surface area contributed by atoms with Crippen LogP contribution < -0.4 is 5.32 Å². The van der Waals surface area contributed by atoms with Crippen LogP contribution in [0.3, 0.4) is 0 Å². The summed E-state index contributed by atoms with van der Waals surface area (Å²) in [4.78, 5) is 25.2. The molecule has 24 heavy (non-hydrogen) atoms. The molecule has 0 atom stereocenters. The standard InChI is InChI=1S/C19H26N2O3/c1-4-21(12-5-6-13-21)19(10-11-19)18(23)20-16-14(2)8-7-9-15(16)17(22)24-3/h7-9H,4-6,10-13H2,1-3H3/p+1. The van der Waals surface area contributed by atoms with Crippen molar-refractivity contribution in [1.82, 2.24) is 0 Å². The molecule has 5 nitrogen and oxygen atoms in total. The molecule has 2 fully saturated rings. The number of nitrogens with zero attached hydrogens (tertiary/aromatic N) is 1. The van der Waals surface area contributed by atoms with Gasteiger partial charge in [0.05, 0.1) is 38.0 Å². The Balaban J connectivity index is 1.90. The summed E-state index contributed by atoms with van der Waals surface area (Å²) in [5.41, 5.74) is 1.59. The van der Waals surface area contributed by atoms with E-state index in [-0.39, 0.29) is 11.4 Å². The fraction of sp³-hybridized carbons (Fsp3) is 0.579. The summed E-state index contributed by atoms with van der Waals surface area (Å²) in [6, 6.07) is 5.42. The maximum absolute atomic E-state index is 13.2. The lowest BCUT2D eigenvalue weighted by molar-refractivity contribution is -0.940. The van der Waals surface area contributed by atoms with Crippen molar-refractivity contribution in [3.63, 3.8) is 0 Å². The minimum absolute atomic E-state index is 0.0608. The third-order valence-electron chi connectivity index (χ3n) is 6.00. The first-order valence-electron chi connectivity index (χ1n) is 8.85. The predicted octanol–water partition coefficient (Wildman–Crippen LogP) is 2.88. The Kier molecular flexibility index (Phi) is 4.38. The summed E-state index contributed by atoms with van der Waals surface area (Å²) < 4.78 is 5.76. The molecule has 1 amide bonds. The number of carbonyl (C=O) groups excluding carboxylic acids is 2. The number of para-hydroxylation sites is 1. The van der Waals surface area contributed by atoms with Crippen molar-refractivity contribution in [2.75, 3.05) is 32.1 Å². The van der Waals surface area contributed by atoms with E-state index in [0.717, 1.165) is 42.5 Å². The number of esters is 1. The molecule has 5 heteroatoms. The highest BCUT2D eigenvalue weighted by Crippen LogP contribution is 2.50. The summed E-state index contributed by atoms with van der Waals surface area (Å²) in [7, 11) is 1.36. The van der Waals surface area contributed by atoms with Crippen LogP contribution >= 0.6 is 0 Å². The molecular weight excluding hydrogens is 304 g/mol. The lowest BCUT2D eigenvalue weighted by Crippen LogP contribution is -2.60. The highest BCUT2D eigenvalue weighted by Gasteiger charge is 2.65. The van der Waals surface area contributed by atoms with Crippen molar-refractivity contribution >= 4 is 17.6 Å². The first-order chi connectivity index (χ1) is 11.5. The van der Waals surface area contributed by atoms with Gasteiger partial charge in [0.25, 0.3) is 5.91 Å². The number of benzene rings is 1. The molecule has 1 heterocycles. The van der Waals surface area contributed by atoms with Gasteiger partial charge in [-0.15, -0.1) is 0 Å². The molecule has 1 aromatic rings. The summed E-state index contributed by atoms with van der Waals surface area (Å²) in [6.45, 7) is 7.25. The number of likely N-dealkylation sites (N-methyl/N-ethyl adjacent to an activating group) is 1. The smallest absolute Gasteiger partial charge is 0.339 e.